The summed E-state index contributed by atoms with van der Waals surface area (Å²) in [5.41, 5.74) is -8.99. The quantitative estimate of drug-likeness (QED) is 0.0145. The average molecular weight is 1980 g/mol. The Morgan fingerprint density at radius 2 is 0.833 bits per heavy atom. The van der Waals surface area contributed by atoms with Crippen LogP contribution in [-0.2, 0) is 99.3 Å². The van der Waals surface area contributed by atoms with Crippen molar-refractivity contribution in [1.29, 1.82) is 0 Å². The SMILES string of the molecule is CC[C@H]1OC(=O)[C@H](C)[C@@H](O[C@H]2C[C@@](C)(OC)[C@@H](O)[C@H](C)O2)[C@H](C)[C@@H](O[C@@H]2O[C@H](C)C[C@H](N(C)C)[C@H]2O)[C@](C)(O)C[C@@H](C)CN(C)[C@H](C)[C@@H](O)[C@]1(C)O.CC[C@H]1OC(=O)[C@H](C)[C@@H](O[C@H]2C[C@@](C)(OC)[C@@H](O)[C@H](C)O2)[C@H](C)[C@@H](O[C@@H]2O[C@H](C)C[C@H](N(C)C)[C@H]2OC(=O)CCOCCOCCOCCOCCO[Si](c2ccccc2)(c2ccccc2)C(C)(C)C)[C@](C)(O)C[C@@H](C)CN(C)[C@H](C)[C@@H](O)[C@]1(C)O. The summed E-state index contributed by atoms with van der Waals surface area (Å²) in [4.78, 5) is 50.4. The highest BCUT2D eigenvalue weighted by atomic mass is 28.4. The van der Waals surface area contributed by atoms with Crippen LogP contribution >= 0.6 is 0 Å². The molecule has 0 aromatic heterocycles. The number of hydrogen-bond donors (Lipinski definition) is 9. The van der Waals surface area contributed by atoms with Crippen molar-refractivity contribution >= 4 is 36.6 Å². The first-order valence-electron chi connectivity index (χ1n) is 50.4. The van der Waals surface area contributed by atoms with Crippen LogP contribution in [0.1, 0.15) is 217 Å². The minimum Gasteiger partial charge on any atom is -0.459 e. The molecule has 36 atom stereocenters. The van der Waals surface area contributed by atoms with Crippen LogP contribution in [0, 0.1) is 35.5 Å². The molecule has 9 N–H and O–H groups in total. The van der Waals surface area contributed by atoms with Gasteiger partial charge in [-0.05, 0) is 205 Å². The molecule has 0 saturated carbocycles. The Balaban J connectivity index is 0.000000425. The second-order valence-corrected chi connectivity index (χ2v) is 47.8. The molecule has 0 unspecified atom stereocenters. The molecule has 35 heteroatoms. The number of rotatable bonds is 33. The fourth-order valence-corrected chi connectivity index (χ4v) is 26.3. The van der Waals surface area contributed by atoms with Gasteiger partial charge in [0.2, 0.25) is 0 Å². The lowest BCUT2D eigenvalue weighted by atomic mass is 9.77. The number of benzene rings is 2. The predicted molar refractivity (Wildman–Crippen MR) is 524 cm³/mol. The van der Waals surface area contributed by atoms with Gasteiger partial charge in [-0.2, -0.15) is 0 Å². The minimum absolute atomic E-state index is 0.0661. The summed E-state index contributed by atoms with van der Waals surface area (Å²) in [6.45, 7) is 45.8. The number of aliphatic hydroxyl groups is 9. The molecular weight excluding hydrogens is 1800 g/mol. The van der Waals surface area contributed by atoms with Gasteiger partial charge >= 0.3 is 17.9 Å². The molecule has 6 aliphatic rings. The highest BCUT2D eigenvalue weighted by molar-refractivity contribution is 6.99. The Hall–Kier alpha value is -4.05. The van der Waals surface area contributed by atoms with E-state index in [2.05, 4.69) is 69.3 Å². The van der Waals surface area contributed by atoms with Crippen molar-refractivity contribution in [3.05, 3.63) is 60.7 Å². The monoisotopic (exact) mass is 1980 g/mol. The standard InChI is InChI=1S/C65H110N2O18Si.C38H72N2O12/c1-18-52-65(13,73)57(69)47(6)67(16)42-43(2)40-63(11,72)59(45(4)55(46(5)60(71)82-52)84-54-41-64(12,74-17)58(70)48(7)81-54)85-61-56(51(66(14)15)39-44(3)80-61)83-53(68)29-30-75-31-32-76-33-34-77-35-36-78-37-38-79-86(62(8,9)10,49-25-21-19-22-26-49)50-27-23-20-24-28-50;1-15-27-38(10,46)31(42)24(6)40(13)19-20(2)17-36(8,45)33(52-35-29(41)26(39(11)12)16-21(3)48-35)22(4)30(23(5)34(44)50-27)51-28-18-37(9,47-14)32(43)25(7)49-28/h19-28,43-48,51-52,54-59,61,69-70,72-73H,18,29-42H2,1-17H3;20-33,35,41-43,45-46H,15-19H2,1-14H3/t43-,44-,45+,46-,47-,48+,51+,52-,54+,55+,56-,57-,58+,59-,61+,63-,64-,65-;20-,21-,22+,23-,24-,25+,26+,27-,28+,29-,30+,31-,32+,33-,35+,36-,37-,38-/m11/s1. The van der Waals surface area contributed by atoms with Crippen LogP contribution in [0.2, 0.25) is 5.04 Å². The minimum atomic E-state index is -2.64. The molecule has 0 spiro atoms. The first-order valence-corrected chi connectivity index (χ1v) is 52.3. The number of ether oxygens (including phenoxy) is 17. The zero-order valence-electron chi connectivity index (χ0n) is 89.1. The number of methoxy groups -OCH3 is 2. The molecule has 6 heterocycles. The highest BCUT2D eigenvalue weighted by Crippen LogP contribution is 2.45. The number of cyclic esters (lactones) is 2. The average Bonchev–Trinajstić information content (AvgIpc) is 0.780. The third kappa shape index (κ3) is 31.0. The van der Waals surface area contributed by atoms with Crippen LogP contribution < -0.4 is 10.4 Å². The van der Waals surface area contributed by atoms with E-state index in [-0.39, 0.29) is 106 Å². The summed E-state index contributed by atoms with van der Waals surface area (Å²) < 4.78 is 113. The maximum Gasteiger partial charge on any atom is 0.311 e. The lowest BCUT2D eigenvalue weighted by molar-refractivity contribution is -0.319. The third-order valence-corrected chi connectivity index (χ3v) is 35.2. The predicted octanol–water partition coefficient (Wildman–Crippen LogP) is 7.39. The van der Waals surface area contributed by atoms with Crippen LogP contribution in [0.4, 0.5) is 0 Å². The maximum atomic E-state index is 14.6. The van der Waals surface area contributed by atoms with Gasteiger partial charge in [-0.15, -0.1) is 0 Å². The van der Waals surface area contributed by atoms with E-state index in [1.165, 1.54) is 38.4 Å². The van der Waals surface area contributed by atoms with Gasteiger partial charge in [0.05, 0.1) is 155 Å². The molecule has 2 aromatic carbocycles. The summed E-state index contributed by atoms with van der Waals surface area (Å²) in [6, 6.07) is 19.3. The molecule has 6 fully saturated rings. The molecule has 2 aromatic rings. The van der Waals surface area contributed by atoms with Crippen molar-refractivity contribution in [3.8, 4) is 0 Å². The van der Waals surface area contributed by atoms with E-state index in [4.69, 9.17) is 85.0 Å². The summed E-state index contributed by atoms with van der Waals surface area (Å²) in [7, 11) is 11.6. The number of carbonyl (C=O) groups excluding carboxylic acids is 3. The van der Waals surface area contributed by atoms with Gasteiger partial charge in [0.15, 0.2) is 31.3 Å². The van der Waals surface area contributed by atoms with Gasteiger partial charge in [-0.3, -0.25) is 14.4 Å². The molecule has 0 radical (unpaired) electrons. The summed E-state index contributed by atoms with van der Waals surface area (Å²) in [5, 5.41) is 108. The first-order chi connectivity index (χ1) is 64.4. The zero-order chi connectivity index (χ0) is 103. The lowest BCUT2D eigenvalue weighted by Crippen LogP contribution is -2.66. The Morgan fingerprint density at radius 1 is 0.478 bits per heavy atom. The summed E-state index contributed by atoms with van der Waals surface area (Å²) in [6.07, 6.45) is -17.3. The van der Waals surface area contributed by atoms with Crippen molar-refractivity contribution in [2.45, 2.75) is 403 Å². The molecule has 0 amide bonds. The summed E-state index contributed by atoms with van der Waals surface area (Å²) >= 11 is 0. The van der Waals surface area contributed by atoms with E-state index in [0.29, 0.717) is 65.6 Å². The Kier molecular flexibility index (Phi) is 46.4. The fourth-order valence-electron chi connectivity index (χ4n) is 21.7. The van der Waals surface area contributed by atoms with Crippen LogP contribution in [0.25, 0.3) is 0 Å². The van der Waals surface area contributed by atoms with Crippen LogP contribution in [0.3, 0.4) is 0 Å². The molecular formula is C103H182N4O30Si. The normalized spacial score (nSPS) is 40.5. The smallest absolute Gasteiger partial charge is 0.311 e. The summed E-state index contributed by atoms with van der Waals surface area (Å²) in [5.74, 6) is -6.01. The van der Waals surface area contributed by atoms with Gasteiger partial charge in [0, 0.05) is 70.1 Å². The number of esters is 3. The topological polar surface area (TPSA) is 412 Å². The van der Waals surface area contributed by atoms with Crippen LogP contribution in [0.5, 0.6) is 0 Å². The zero-order valence-corrected chi connectivity index (χ0v) is 90.1. The maximum absolute atomic E-state index is 14.6. The van der Waals surface area contributed by atoms with E-state index >= 15 is 0 Å². The number of nitrogens with zero attached hydrogens (tertiary/aromatic N) is 4. The van der Waals surface area contributed by atoms with Crippen molar-refractivity contribution in [2.24, 2.45) is 35.5 Å². The van der Waals surface area contributed by atoms with E-state index < -0.39 is 206 Å². The van der Waals surface area contributed by atoms with Crippen molar-refractivity contribution in [2.75, 3.05) is 129 Å². The van der Waals surface area contributed by atoms with E-state index in [1.54, 1.807) is 83.1 Å². The Morgan fingerprint density at radius 3 is 1.20 bits per heavy atom. The fraction of sp³-hybridized carbons (Fsp3) is 0.854. The molecule has 798 valence electrons. The second-order valence-electron chi connectivity index (χ2n) is 43.5. The van der Waals surface area contributed by atoms with Crippen molar-refractivity contribution in [1.82, 2.24) is 19.6 Å². The van der Waals surface area contributed by atoms with Gasteiger partial charge in [-0.1, -0.05) is 123 Å². The molecule has 34 nitrogen and oxygen atoms in total. The molecule has 6 aliphatic heterocycles. The Bertz CT molecular complexity index is 3860. The van der Waals surface area contributed by atoms with Crippen LogP contribution in [0.15, 0.2) is 60.7 Å². The lowest BCUT2D eigenvalue weighted by Gasteiger charge is -2.49. The first kappa shape index (κ1) is 121. The Labute approximate surface area is 825 Å². The van der Waals surface area contributed by atoms with E-state index in [1.807, 2.05) is 116 Å². The molecule has 8 rings (SSSR count). The molecule has 138 heavy (non-hydrogen) atoms. The van der Waals surface area contributed by atoms with Crippen LogP contribution in [-0.4, -0.2) is 401 Å². The highest BCUT2D eigenvalue weighted by Gasteiger charge is 2.58. The van der Waals surface area contributed by atoms with Gasteiger partial charge in [-0.25, -0.2) is 0 Å². The second kappa shape index (κ2) is 53.0. The van der Waals surface area contributed by atoms with E-state index in [9.17, 15) is 60.3 Å². The number of carbonyl (C=O) groups is 3. The molecule has 6 saturated heterocycles. The number of likely N-dealkylation sites (N-methyl/N-ethyl adjacent to an activating group) is 4. The molecule has 0 bridgehead atoms. The molecule has 0 aliphatic carbocycles. The number of aliphatic hydroxyl groups excluding tert-OH is 5. The third-order valence-electron chi connectivity index (χ3n) is 30.2. The van der Waals surface area contributed by atoms with Gasteiger partial charge < -0.3 is 151 Å². The van der Waals surface area contributed by atoms with Crippen molar-refractivity contribution < 1.29 is 145 Å². The van der Waals surface area contributed by atoms with E-state index in [0.717, 1.165) is 0 Å². The number of hydrogen-bond acceptors (Lipinski definition) is 34. The van der Waals surface area contributed by atoms with Gasteiger partial charge in [0.1, 0.15) is 53.9 Å². The largest absolute Gasteiger partial charge is 0.459 e. The van der Waals surface area contributed by atoms with Gasteiger partial charge in [0.25, 0.3) is 8.32 Å². The van der Waals surface area contributed by atoms with Crippen molar-refractivity contribution in [3.63, 3.8) is 0 Å².